The van der Waals surface area contributed by atoms with Crippen molar-refractivity contribution in [3.63, 3.8) is 0 Å². The van der Waals surface area contributed by atoms with Crippen molar-refractivity contribution in [1.29, 1.82) is 0 Å². The first-order valence-electron chi connectivity index (χ1n) is 5.08. The van der Waals surface area contributed by atoms with Gasteiger partial charge in [-0.05, 0) is 39.2 Å². The SMILES string of the molecule is CCC(CC)NCCCC(C)Cl. The molecule has 0 aromatic carbocycles. The van der Waals surface area contributed by atoms with Gasteiger partial charge in [0, 0.05) is 11.4 Å². The molecule has 1 atom stereocenters. The van der Waals surface area contributed by atoms with E-state index < -0.39 is 0 Å². The topological polar surface area (TPSA) is 12.0 Å². The van der Waals surface area contributed by atoms with Crippen molar-refractivity contribution in [2.24, 2.45) is 0 Å². The Morgan fingerprint density at radius 2 is 1.83 bits per heavy atom. The van der Waals surface area contributed by atoms with Crippen LogP contribution in [-0.4, -0.2) is 18.0 Å². The second-order valence-corrected chi connectivity index (χ2v) is 4.14. The molecule has 0 aliphatic rings. The van der Waals surface area contributed by atoms with Gasteiger partial charge >= 0.3 is 0 Å². The summed E-state index contributed by atoms with van der Waals surface area (Å²) in [6.45, 7) is 7.62. The maximum Gasteiger partial charge on any atom is 0.0308 e. The predicted molar refractivity (Wildman–Crippen MR) is 56.9 cm³/mol. The lowest BCUT2D eigenvalue weighted by Crippen LogP contribution is -2.28. The van der Waals surface area contributed by atoms with Crippen LogP contribution in [-0.2, 0) is 0 Å². The Balaban J connectivity index is 3.17. The summed E-state index contributed by atoms with van der Waals surface area (Å²) < 4.78 is 0. The number of nitrogens with one attached hydrogen (secondary N) is 1. The molecule has 0 heterocycles. The molecule has 0 radical (unpaired) electrons. The van der Waals surface area contributed by atoms with Crippen molar-refractivity contribution >= 4 is 11.6 Å². The first-order valence-corrected chi connectivity index (χ1v) is 5.51. The Hall–Kier alpha value is 0.250. The molecule has 12 heavy (non-hydrogen) atoms. The zero-order valence-electron chi connectivity index (χ0n) is 8.57. The molecule has 0 bridgehead atoms. The molecule has 0 saturated carbocycles. The highest BCUT2D eigenvalue weighted by atomic mass is 35.5. The monoisotopic (exact) mass is 191 g/mol. The van der Waals surface area contributed by atoms with Gasteiger partial charge < -0.3 is 5.32 Å². The Morgan fingerprint density at radius 3 is 2.25 bits per heavy atom. The number of halogens is 1. The van der Waals surface area contributed by atoms with E-state index >= 15 is 0 Å². The zero-order chi connectivity index (χ0) is 9.40. The lowest BCUT2D eigenvalue weighted by molar-refractivity contribution is 0.473. The van der Waals surface area contributed by atoms with E-state index in [0.717, 1.165) is 13.0 Å². The van der Waals surface area contributed by atoms with Crippen LogP contribution in [0.4, 0.5) is 0 Å². The lowest BCUT2D eigenvalue weighted by atomic mass is 10.1. The smallest absolute Gasteiger partial charge is 0.0308 e. The van der Waals surface area contributed by atoms with E-state index in [0.29, 0.717) is 11.4 Å². The molecular weight excluding hydrogens is 170 g/mol. The van der Waals surface area contributed by atoms with Crippen molar-refractivity contribution in [2.75, 3.05) is 6.54 Å². The third kappa shape index (κ3) is 6.93. The summed E-state index contributed by atoms with van der Waals surface area (Å²) in [4.78, 5) is 0. The third-order valence-electron chi connectivity index (χ3n) is 2.20. The van der Waals surface area contributed by atoms with Crippen LogP contribution < -0.4 is 5.32 Å². The number of hydrogen-bond donors (Lipinski definition) is 1. The molecule has 0 aromatic heterocycles. The van der Waals surface area contributed by atoms with Gasteiger partial charge in [-0.25, -0.2) is 0 Å². The fraction of sp³-hybridized carbons (Fsp3) is 1.00. The van der Waals surface area contributed by atoms with Crippen LogP contribution in [0.2, 0.25) is 0 Å². The molecule has 74 valence electrons. The first-order chi connectivity index (χ1) is 5.70. The Kier molecular flexibility index (Phi) is 8.04. The molecule has 0 amide bonds. The van der Waals surface area contributed by atoms with Crippen LogP contribution in [0.3, 0.4) is 0 Å². The third-order valence-corrected chi connectivity index (χ3v) is 2.42. The van der Waals surface area contributed by atoms with Crippen LogP contribution in [0, 0.1) is 0 Å². The van der Waals surface area contributed by atoms with E-state index in [1.165, 1.54) is 19.3 Å². The van der Waals surface area contributed by atoms with Crippen LogP contribution in [0.15, 0.2) is 0 Å². The maximum absolute atomic E-state index is 5.83. The van der Waals surface area contributed by atoms with E-state index in [2.05, 4.69) is 26.1 Å². The molecule has 0 rings (SSSR count). The second kappa shape index (κ2) is 7.88. The molecule has 1 nitrogen and oxygen atoms in total. The molecule has 1 N–H and O–H groups in total. The van der Waals surface area contributed by atoms with Gasteiger partial charge in [0.1, 0.15) is 0 Å². The Bertz CT molecular complexity index is 89.8. The van der Waals surface area contributed by atoms with E-state index in [4.69, 9.17) is 11.6 Å². The van der Waals surface area contributed by atoms with Crippen LogP contribution in [0.1, 0.15) is 46.5 Å². The fourth-order valence-corrected chi connectivity index (χ4v) is 1.42. The molecule has 0 aliphatic heterocycles. The van der Waals surface area contributed by atoms with Crippen molar-refractivity contribution in [2.45, 2.75) is 57.9 Å². The first kappa shape index (κ1) is 12.2. The molecule has 2 heteroatoms. The van der Waals surface area contributed by atoms with E-state index in [9.17, 15) is 0 Å². The summed E-state index contributed by atoms with van der Waals surface area (Å²) >= 11 is 5.83. The van der Waals surface area contributed by atoms with Crippen molar-refractivity contribution in [1.82, 2.24) is 5.32 Å². The van der Waals surface area contributed by atoms with Crippen LogP contribution in [0.5, 0.6) is 0 Å². The summed E-state index contributed by atoms with van der Waals surface area (Å²) in [6.07, 6.45) is 4.77. The molecule has 1 unspecified atom stereocenters. The average molecular weight is 192 g/mol. The Labute approximate surface area is 81.9 Å². The molecule has 0 aromatic rings. The summed E-state index contributed by atoms with van der Waals surface area (Å²) in [5, 5.41) is 3.84. The maximum atomic E-state index is 5.83. The van der Waals surface area contributed by atoms with E-state index in [1.807, 2.05) is 0 Å². The zero-order valence-corrected chi connectivity index (χ0v) is 9.32. The normalized spacial score (nSPS) is 13.8. The number of alkyl halides is 1. The summed E-state index contributed by atoms with van der Waals surface area (Å²) in [5.41, 5.74) is 0. The second-order valence-electron chi connectivity index (χ2n) is 3.39. The summed E-state index contributed by atoms with van der Waals surface area (Å²) in [7, 11) is 0. The highest BCUT2D eigenvalue weighted by Crippen LogP contribution is 2.03. The minimum absolute atomic E-state index is 0.327. The molecular formula is C10H22ClN. The van der Waals surface area contributed by atoms with Gasteiger partial charge in [-0.1, -0.05) is 13.8 Å². The van der Waals surface area contributed by atoms with Gasteiger partial charge in [0.25, 0.3) is 0 Å². The molecule has 0 spiro atoms. The fourth-order valence-electron chi connectivity index (χ4n) is 1.27. The minimum Gasteiger partial charge on any atom is -0.314 e. The largest absolute Gasteiger partial charge is 0.314 e. The highest BCUT2D eigenvalue weighted by Gasteiger charge is 2.01. The predicted octanol–water partition coefficient (Wildman–Crippen LogP) is 3.17. The summed E-state index contributed by atoms with van der Waals surface area (Å²) in [5.74, 6) is 0. The van der Waals surface area contributed by atoms with E-state index in [-0.39, 0.29) is 0 Å². The van der Waals surface area contributed by atoms with Crippen molar-refractivity contribution < 1.29 is 0 Å². The Morgan fingerprint density at radius 1 is 1.25 bits per heavy atom. The number of rotatable bonds is 7. The van der Waals surface area contributed by atoms with Gasteiger partial charge in [0.05, 0.1) is 0 Å². The van der Waals surface area contributed by atoms with Gasteiger partial charge in [-0.15, -0.1) is 11.6 Å². The van der Waals surface area contributed by atoms with Crippen molar-refractivity contribution in [3.8, 4) is 0 Å². The lowest BCUT2D eigenvalue weighted by Gasteiger charge is -2.14. The van der Waals surface area contributed by atoms with Gasteiger partial charge in [0.15, 0.2) is 0 Å². The molecule has 0 aliphatic carbocycles. The standard InChI is InChI=1S/C10H22ClN/c1-4-10(5-2)12-8-6-7-9(3)11/h9-10,12H,4-8H2,1-3H3. The van der Waals surface area contributed by atoms with Gasteiger partial charge in [0.2, 0.25) is 0 Å². The van der Waals surface area contributed by atoms with Crippen LogP contribution >= 0.6 is 11.6 Å². The average Bonchev–Trinajstić information content (AvgIpc) is 2.04. The molecule has 0 fully saturated rings. The van der Waals surface area contributed by atoms with Gasteiger partial charge in [-0.3, -0.25) is 0 Å². The summed E-state index contributed by atoms with van der Waals surface area (Å²) in [6, 6.07) is 0.704. The van der Waals surface area contributed by atoms with E-state index in [1.54, 1.807) is 0 Å². The van der Waals surface area contributed by atoms with Crippen molar-refractivity contribution in [3.05, 3.63) is 0 Å². The van der Waals surface area contributed by atoms with Gasteiger partial charge in [-0.2, -0.15) is 0 Å². The molecule has 0 saturated heterocycles. The highest BCUT2D eigenvalue weighted by molar-refractivity contribution is 6.20. The quantitative estimate of drug-likeness (QED) is 0.482. The van der Waals surface area contributed by atoms with Crippen LogP contribution in [0.25, 0.3) is 0 Å². The minimum atomic E-state index is 0.327. The number of hydrogen-bond acceptors (Lipinski definition) is 1.